The van der Waals surface area contributed by atoms with Gasteiger partial charge in [0.2, 0.25) is 11.6 Å². The van der Waals surface area contributed by atoms with E-state index in [1.807, 2.05) is 36.5 Å². The number of carboxylic acid groups (broad SMARTS) is 1. The standard InChI is InChI=1S/C17H18FN3O3/c18-17(16(23)24)8-9-20(12-17)15(22)7-6-13-10-19-21(11-13)14-4-2-1-3-5-14/h1-5,10-11H,6-9,12H2,(H,23,24). The van der Waals surface area contributed by atoms with E-state index in [-0.39, 0.29) is 31.8 Å². The van der Waals surface area contributed by atoms with Gasteiger partial charge < -0.3 is 10.0 Å². The number of carbonyl (C=O) groups excluding carboxylic acids is 1. The lowest BCUT2D eigenvalue weighted by atomic mass is 10.1. The van der Waals surface area contributed by atoms with Crippen LogP contribution in [-0.2, 0) is 16.0 Å². The number of nitrogens with zero attached hydrogens (tertiary/aromatic N) is 3. The molecular weight excluding hydrogens is 313 g/mol. The number of aromatic nitrogens is 2. The summed E-state index contributed by atoms with van der Waals surface area (Å²) in [5, 5.41) is 13.1. The highest BCUT2D eigenvalue weighted by atomic mass is 19.1. The van der Waals surface area contributed by atoms with Crippen LogP contribution in [0.5, 0.6) is 0 Å². The van der Waals surface area contributed by atoms with Gasteiger partial charge in [-0.1, -0.05) is 18.2 Å². The van der Waals surface area contributed by atoms with Gasteiger partial charge in [-0.25, -0.2) is 13.9 Å². The summed E-state index contributed by atoms with van der Waals surface area (Å²) in [7, 11) is 0. The molecule has 1 aromatic heterocycles. The number of likely N-dealkylation sites (tertiary alicyclic amines) is 1. The molecule has 0 saturated carbocycles. The Morgan fingerprint density at radius 2 is 2.04 bits per heavy atom. The summed E-state index contributed by atoms with van der Waals surface area (Å²) < 4.78 is 15.7. The maximum Gasteiger partial charge on any atom is 0.343 e. The number of para-hydroxylation sites is 1. The van der Waals surface area contributed by atoms with Crippen molar-refractivity contribution in [3.63, 3.8) is 0 Å². The van der Waals surface area contributed by atoms with Gasteiger partial charge in [0.25, 0.3) is 0 Å². The number of carboxylic acids is 1. The Balaban J connectivity index is 1.56. The fourth-order valence-electron chi connectivity index (χ4n) is 2.78. The molecule has 1 amide bonds. The molecule has 1 fully saturated rings. The first-order valence-electron chi connectivity index (χ1n) is 7.77. The number of hydrogen-bond acceptors (Lipinski definition) is 3. The van der Waals surface area contributed by atoms with E-state index >= 15 is 0 Å². The van der Waals surface area contributed by atoms with Crippen LogP contribution in [-0.4, -0.2) is 50.4 Å². The lowest BCUT2D eigenvalue weighted by molar-refractivity contribution is -0.150. The molecular formula is C17H18FN3O3. The Morgan fingerprint density at radius 3 is 2.71 bits per heavy atom. The molecule has 1 atom stereocenters. The Kier molecular flexibility index (Phi) is 4.33. The zero-order valence-corrected chi connectivity index (χ0v) is 13.1. The third-order valence-electron chi connectivity index (χ3n) is 4.24. The van der Waals surface area contributed by atoms with Crippen molar-refractivity contribution in [1.82, 2.24) is 14.7 Å². The minimum absolute atomic E-state index is 0.144. The zero-order chi connectivity index (χ0) is 17.2. The highest BCUT2D eigenvalue weighted by Gasteiger charge is 2.46. The largest absolute Gasteiger partial charge is 0.479 e. The van der Waals surface area contributed by atoms with Crippen LogP contribution in [0.25, 0.3) is 5.69 Å². The maximum absolute atomic E-state index is 14.0. The van der Waals surface area contributed by atoms with Crippen LogP contribution in [0.1, 0.15) is 18.4 Å². The fraction of sp³-hybridized carbons (Fsp3) is 0.353. The predicted molar refractivity (Wildman–Crippen MR) is 84.6 cm³/mol. The number of aryl methyl sites for hydroxylation is 1. The summed E-state index contributed by atoms with van der Waals surface area (Å²) in [5.41, 5.74) is -0.483. The van der Waals surface area contributed by atoms with Gasteiger partial charge in [0.15, 0.2) is 0 Å². The smallest absolute Gasteiger partial charge is 0.343 e. The van der Waals surface area contributed by atoms with Crippen molar-refractivity contribution in [2.75, 3.05) is 13.1 Å². The number of benzene rings is 1. The van der Waals surface area contributed by atoms with Gasteiger partial charge in [0.05, 0.1) is 18.4 Å². The molecule has 1 aliphatic heterocycles. The second kappa shape index (κ2) is 6.43. The molecule has 1 aliphatic rings. The topological polar surface area (TPSA) is 75.4 Å². The molecule has 0 spiro atoms. The molecule has 2 aromatic rings. The number of aliphatic carboxylic acids is 1. The van der Waals surface area contributed by atoms with Gasteiger partial charge in [-0.2, -0.15) is 5.10 Å². The van der Waals surface area contributed by atoms with E-state index in [0.717, 1.165) is 11.3 Å². The van der Waals surface area contributed by atoms with E-state index in [9.17, 15) is 14.0 Å². The van der Waals surface area contributed by atoms with Gasteiger partial charge >= 0.3 is 5.97 Å². The van der Waals surface area contributed by atoms with Crippen molar-refractivity contribution < 1.29 is 19.1 Å². The van der Waals surface area contributed by atoms with E-state index < -0.39 is 11.6 Å². The van der Waals surface area contributed by atoms with E-state index in [0.29, 0.717) is 6.42 Å². The molecule has 6 nitrogen and oxygen atoms in total. The van der Waals surface area contributed by atoms with Gasteiger partial charge in [0.1, 0.15) is 0 Å². The molecule has 126 valence electrons. The highest BCUT2D eigenvalue weighted by Crippen LogP contribution is 2.26. The Hall–Kier alpha value is -2.70. The van der Waals surface area contributed by atoms with Crippen LogP contribution in [0.15, 0.2) is 42.7 Å². The molecule has 1 aromatic carbocycles. The maximum atomic E-state index is 14.0. The minimum Gasteiger partial charge on any atom is -0.479 e. The summed E-state index contributed by atoms with van der Waals surface area (Å²) in [5.74, 6) is -1.73. The van der Waals surface area contributed by atoms with E-state index in [4.69, 9.17) is 5.11 Å². The average Bonchev–Trinajstić information content (AvgIpc) is 3.21. The van der Waals surface area contributed by atoms with Gasteiger partial charge in [0, 0.05) is 25.6 Å². The molecule has 1 N–H and O–H groups in total. The fourth-order valence-corrected chi connectivity index (χ4v) is 2.78. The van der Waals surface area contributed by atoms with Crippen molar-refractivity contribution in [3.05, 3.63) is 48.3 Å². The molecule has 1 saturated heterocycles. The SMILES string of the molecule is O=C(CCc1cnn(-c2ccccc2)c1)N1CCC(F)(C(=O)O)C1. The Bertz CT molecular complexity index is 747. The van der Waals surface area contributed by atoms with Gasteiger partial charge in [-0.3, -0.25) is 4.79 Å². The highest BCUT2D eigenvalue weighted by molar-refractivity contribution is 5.82. The van der Waals surface area contributed by atoms with Crippen molar-refractivity contribution in [3.8, 4) is 5.69 Å². The molecule has 0 aliphatic carbocycles. The third-order valence-corrected chi connectivity index (χ3v) is 4.24. The first-order chi connectivity index (χ1) is 11.5. The lowest BCUT2D eigenvalue weighted by Crippen LogP contribution is -2.38. The van der Waals surface area contributed by atoms with Crippen LogP contribution in [0.4, 0.5) is 4.39 Å². The van der Waals surface area contributed by atoms with Crippen LogP contribution < -0.4 is 0 Å². The first kappa shape index (κ1) is 16.2. The van der Waals surface area contributed by atoms with E-state index in [2.05, 4.69) is 5.10 Å². The molecule has 7 heteroatoms. The number of alkyl halides is 1. The summed E-state index contributed by atoms with van der Waals surface area (Å²) in [6.07, 6.45) is 4.08. The minimum atomic E-state index is -2.31. The van der Waals surface area contributed by atoms with Crippen molar-refractivity contribution >= 4 is 11.9 Å². The zero-order valence-electron chi connectivity index (χ0n) is 13.1. The van der Waals surface area contributed by atoms with Crippen LogP contribution in [0.3, 0.4) is 0 Å². The van der Waals surface area contributed by atoms with Crippen LogP contribution >= 0.6 is 0 Å². The Labute approximate surface area is 138 Å². The Morgan fingerprint density at radius 1 is 1.29 bits per heavy atom. The first-order valence-corrected chi connectivity index (χ1v) is 7.77. The van der Waals surface area contributed by atoms with Gasteiger partial charge in [-0.05, 0) is 24.1 Å². The average molecular weight is 331 g/mol. The monoisotopic (exact) mass is 331 g/mol. The number of carbonyl (C=O) groups is 2. The molecule has 0 radical (unpaired) electrons. The summed E-state index contributed by atoms with van der Waals surface area (Å²) >= 11 is 0. The lowest BCUT2D eigenvalue weighted by Gasteiger charge is -2.17. The van der Waals surface area contributed by atoms with E-state index in [1.54, 1.807) is 10.9 Å². The molecule has 24 heavy (non-hydrogen) atoms. The van der Waals surface area contributed by atoms with Gasteiger partial charge in [-0.15, -0.1) is 0 Å². The predicted octanol–water partition coefficient (Wildman–Crippen LogP) is 1.83. The quantitative estimate of drug-likeness (QED) is 0.907. The summed E-state index contributed by atoms with van der Waals surface area (Å²) in [6.45, 7) is -0.227. The molecule has 1 unspecified atom stereocenters. The van der Waals surface area contributed by atoms with E-state index in [1.165, 1.54) is 4.90 Å². The second-order valence-corrected chi connectivity index (χ2v) is 5.96. The number of halogens is 1. The van der Waals surface area contributed by atoms with Crippen LogP contribution in [0, 0.1) is 0 Å². The second-order valence-electron chi connectivity index (χ2n) is 5.96. The number of hydrogen-bond donors (Lipinski definition) is 1. The van der Waals surface area contributed by atoms with Crippen molar-refractivity contribution in [1.29, 1.82) is 0 Å². The van der Waals surface area contributed by atoms with Crippen molar-refractivity contribution in [2.24, 2.45) is 0 Å². The van der Waals surface area contributed by atoms with Crippen LogP contribution in [0.2, 0.25) is 0 Å². The number of amides is 1. The number of rotatable bonds is 5. The molecule has 3 rings (SSSR count). The normalized spacial score (nSPS) is 20.3. The van der Waals surface area contributed by atoms with Crippen molar-refractivity contribution in [2.45, 2.75) is 24.9 Å². The third kappa shape index (κ3) is 3.29. The summed E-state index contributed by atoms with van der Waals surface area (Å²) in [4.78, 5) is 24.3. The molecule has 2 heterocycles. The molecule has 0 bridgehead atoms. The summed E-state index contributed by atoms with van der Waals surface area (Å²) in [6, 6.07) is 9.61.